The molecule has 1 aromatic heterocycles. The van der Waals surface area contributed by atoms with E-state index in [0.29, 0.717) is 12.0 Å². The monoisotopic (exact) mass is 551 g/mol. The molecule has 5 rings (SSSR count). The molecule has 0 spiro atoms. The predicted octanol–water partition coefficient (Wildman–Crippen LogP) is 4.41. The topological polar surface area (TPSA) is 126 Å². The third-order valence-electron chi connectivity index (χ3n) is 6.40. The number of rotatable bonds is 4. The van der Waals surface area contributed by atoms with Crippen LogP contribution in [0.4, 0.5) is 26.3 Å². The van der Waals surface area contributed by atoms with E-state index in [2.05, 4.69) is 34.7 Å². The van der Waals surface area contributed by atoms with Crippen LogP contribution in [0.25, 0.3) is 10.9 Å². The number of benzene rings is 1. The maximum atomic E-state index is 10.6. The standard InChI is InChI=1S/C20H25N3O.2C2HF3O2/c1-3-13-12-23-9-7-14(13)10-19(23)20(21)16-6-8-22-18-5-4-15(24-2)11-17(16)18;2*3-2(4,5)1(6)7/h3-6,8,11,13-14,19-20H,1,7,9-10,12,21H2,2H3;2*(H,6,7)/t13-,14-,19+,20+;;/m0../s1. The molecule has 2 aromatic rings. The molecule has 8 nitrogen and oxygen atoms in total. The number of nitrogens with two attached hydrogens (primary N) is 1. The molecular weight excluding hydrogens is 524 g/mol. The Hall–Kier alpha value is -3.39. The molecule has 0 saturated carbocycles. The summed E-state index contributed by atoms with van der Waals surface area (Å²) in [6, 6.07) is 8.48. The first-order valence-electron chi connectivity index (χ1n) is 11.2. The van der Waals surface area contributed by atoms with Crippen LogP contribution in [0.5, 0.6) is 5.75 Å². The van der Waals surface area contributed by atoms with Gasteiger partial charge < -0.3 is 20.7 Å². The fourth-order valence-electron chi connectivity index (χ4n) is 4.52. The van der Waals surface area contributed by atoms with E-state index in [0.717, 1.165) is 42.1 Å². The fourth-order valence-corrected chi connectivity index (χ4v) is 4.52. The van der Waals surface area contributed by atoms with Crippen LogP contribution in [-0.4, -0.2) is 70.6 Å². The van der Waals surface area contributed by atoms with Gasteiger partial charge >= 0.3 is 24.3 Å². The van der Waals surface area contributed by atoms with Gasteiger partial charge in [0.1, 0.15) is 5.75 Å². The van der Waals surface area contributed by atoms with Crippen LogP contribution < -0.4 is 10.5 Å². The van der Waals surface area contributed by atoms with Crippen molar-refractivity contribution in [2.24, 2.45) is 17.6 Å². The molecule has 5 atom stereocenters. The van der Waals surface area contributed by atoms with Gasteiger partial charge in [-0.3, -0.25) is 9.88 Å². The van der Waals surface area contributed by atoms with Gasteiger partial charge in [0.25, 0.3) is 0 Å². The maximum absolute atomic E-state index is 10.6. The smallest absolute Gasteiger partial charge is 0.490 e. The summed E-state index contributed by atoms with van der Waals surface area (Å²) in [7, 11) is 1.69. The number of hydrogen-bond acceptors (Lipinski definition) is 6. The number of alkyl halides is 6. The molecule has 14 heteroatoms. The molecule has 210 valence electrons. The van der Waals surface area contributed by atoms with E-state index >= 15 is 0 Å². The number of carboxylic acids is 2. The van der Waals surface area contributed by atoms with E-state index in [-0.39, 0.29) is 6.04 Å². The number of aromatic nitrogens is 1. The molecule has 4 N–H and O–H groups in total. The number of fused-ring (bicyclic) bond motifs is 4. The van der Waals surface area contributed by atoms with Crippen molar-refractivity contribution in [1.82, 2.24) is 9.88 Å². The van der Waals surface area contributed by atoms with E-state index in [1.165, 1.54) is 12.0 Å². The average Bonchev–Trinajstić information content (AvgIpc) is 2.87. The fraction of sp³-hybridized carbons (Fsp3) is 0.458. The molecular formula is C24H27F6N3O5. The summed E-state index contributed by atoms with van der Waals surface area (Å²) in [6.07, 6.45) is -3.74. The Bertz CT molecular complexity index is 1120. The highest BCUT2D eigenvalue weighted by Gasteiger charge is 2.42. The van der Waals surface area contributed by atoms with E-state index in [9.17, 15) is 26.3 Å². The van der Waals surface area contributed by atoms with Crippen molar-refractivity contribution in [2.75, 3.05) is 20.2 Å². The largest absolute Gasteiger partial charge is 0.497 e. The molecule has 3 saturated heterocycles. The van der Waals surface area contributed by atoms with Crippen LogP contribution in [-0.2, 0) is 9.59 Å². The highest BCUT2D eigenvalue weighted by Crippen LogP contribution is 2.41. The summed E-state index contributed by atoms with van der Waals surface area (Å²) in [6.45, 7) is 6.26. The van der Waals surface area contributed by atoms with Gasteiger partial charge in [-0.15, -0.1) is 6.58 Å². The SMILES string of the molecule is C=C[C@H]1CN2CC[C@H]1C[C@@H]2[C@H](N)c1ccnc2ccc(OC)cc12.O=C(O)C(F)(F)F.O=C(O)C(F)(F)F. The Balaban J connectivity index is 0.000000301. The second-order valence-corrected chi connectivity index (χ2v) is 8.66. The zero-order valence-corrected chi connectivity index (χ0v) is 20.2. The van der Waals surface area contributed by atoms with Crippen molar-refractivity contribution in [3.63, 3.8) is 0 Å². The van der Waals surface area contributed by atoms with Gasteiger partial charge in [0.05, 0.1) is 12.6 Å². The number of piperidine rings is 3. The molecule has 0 amide bonds. The number of nitrogens with zero attached hydrogens (tertiary/aromatic N) is 2. The third-order valence-corrected chi connectivity index (χ3v) is 6.40. The zero-order valence-electron chi connectivity index (χ0n) is 20.2. The Morgan fingerprint density at radius 1 is 1.16 bits per heavy atom. The van der Waals surface area contributed by atoms with Gasteiger partial charge in [0, 0.05) is 30.2 Å². The summed E-state index contributed by atoms with van der Waals surface area (Å²) >= 11 is 0. The van der Waals surface area contributed by atoms with Gasteiger partial charge in [-0.1, -0.05) is 6.08 Å². The van der Waals surface area contributed by atoms with Crippen LogP contribution in [0.15, 0.2) is 43.1 Å². The lowest BCUT2D eigenvalue weighted by Crippen LogP contribution is -2.56. The van der Waals surface area contributed by atoms with Gasteiger partial charge in [0.2, 0.25) is 0 Å². The van der Waals surface area contributed by atoms with Crippen molar-refractivity contribution < 1.29 is 50.9 Å². The molecule has 38 heavy (non-hydrogen) atoms. The molecule has 1 aromatic carbocycles. The van der Waals surface area contributed by atoms with Crippen LogP contribution >= 0.6 is 0 Å². The van der Waals surface area contributed by atoms with Crippen molar-refractivity contribution in [3.8, 4) is 5.75 Å². The van der Waals surface area contributed by atoms with E-state index in [4.69, 9.17) is 30.3 Å². The molecule has 3 fully saturated rings. The van der Waals surface area contributed by atoms with Gasteiger partial charge in [-0.05, 0) is 61.1 Å². The molecule has 0 radical (unpaired) electrons. The Morgan fingerprint density at radius 3 is 2.18 bits per heavy atom. The lowest BCUT2D eigenvalue weighted by atomic mass is 9.73. The number of carbonyl (C=O) groups is 2. The van der Waals surface area contributed by atoms with E-state index in [1.807, 2.05) is 18.3 Å². The maximum Gasteiger partial charge on any atom is 0.490 e. The number of methoxy groups -OCH3 is 1. The van der Waals surface area contributed by atoms with Gasteiger partial charge in [0.15, 0.2) is 0 Å². The van der Waals surface area contributed by atoms with Gasteiger partial charge in [-0.2, -0.15) is 26.3 Å². The van der Waals surface area contributed by atoms with Crippen LogP contribution in [0.3, 0.4) is 0 Å². The first-order valence-corrected chi connectivity index (χ1v) is 11.2. The number of hydrogen-bond donors (Lipinski definition) is 3. The minimum atomic E-state index is -5.08. The van der Waals surface area contributed by atoms with Crippen molar-refractivity contribution in [3.05, 3.63) is 48.7 Å². The summed E-state index contributed by atoms with van der Waals surface area (Å²) in [4.78, 5) is 24.8. The number of aliphatic carboxylic acids is 2. The summed E-state index contributed by atoms with van der Waals surface area (Å²) in [5.74, 6) is -3.32. The highest BCUT2D eigenvalue weighted by molar-refractivity contribution is 5.84. The first-order chi connectivity index (χ1) is 17.6. The minimum absolute atomic E-state index is 0.00354. The lowest BCUT2D eigenvalue weighted by molar-refractivity contribution is -0.193. The zero-order chi connectivity index (χ0) is 28.8. The normalized spacial score (nSPS) is 23.3. The van der Waals surface area contributed by atoms with E-state index in [1.54, 1.807) is 7.11 Å². The number of ether oxygens (including phenoxy) is 1. The van der Waals surface area contributed by atoms with Crippen LogP contribution in [0.1, 0.15) is 24.4 Å². The van der Waals surface area contributed by atoms with Crippen LogP contribution in [0, 0.1) is 11.8 Å². The van der Waals surface area contributed by atoms with Crippen molar-refractivity contribution in [2.45, 2.75) is 37.3 Å². The third kappa shape index (κ3) is 7.81. The second kappa shape index (κ2) is 12.4. The number of halogens is 6. The highest BCUT2D eigenvalue weighted by atomic mass is 19.4. The second-order valence-electron chi connectivity index (χ2n) is 8.66. The quantitative estimate of drug-likeness (QED) is 0.377. The molecule has 0 aliphatic carbocycles. The van der Waals surface area contributed by atoms with Crippen LogP contribution in [0.2, 0.25) is 0 Å². The summed E-state index contributed by atoms with van der Waals surface area (Å²) in [5, 5.41) is 15.4. The Labute approximate surface area is 213 Å². The Kier molecular flexibility index (Phi) is 10.1. The number of pyridine rings is 1. The number of carboxylic acid groups (broad SMARTS) is 2. The van der Waals surface area contributed by atoms with Crippen molar-refractivity contribution in [1.29, 1.82) is 0 Å². The molecule has 3 aliphatic rings. The van der Waals surface area contributed by atoms with E-state index < -0.39 is 24.3 Å². The molecule has 2 bridgehead atoms. The molecule has 1 unspecified atom stereocenters. The predicted molar refractivity (Wildman–Crippen MR) is 124 cm³/mol. The van der Waals surface area contributed by atoms with Crippen molar-refractivity contribution >= 4 is 22.8 Å². The first kappa shape index (κ1) is 30.8. The summed E-state index contributed by atoms with van der Waals surface area (Å²) < 4.78 is 68.9. The lowest BCUT2D eigenvalue weighted by Gasteiger charge is -2.51. The summed E-state index contributed by atoms with van der Waals surface area (Å²) in [5.41, 5.74) is 8.91. The molecule has 4 heterocycles. The Morgan fingerprint density at radius 2 is 1.74 bits per heavy atom. The average molecular weight is 551 g/mol. The minimum Gasteiger partial charge on any atom is -0.497 e. The van der Waals surface area contributed by atoms with Gasteiger partial charge in [-0.25, -0.2) is 9.59 Å². The molecule has 3 aliphatic heterocycles.